The molecule has 11 heteroatoms. The molecular weight excluding hydrogens is 406 g/mol. The van der Waals surface area contributed by atoms with Crippen molar-refractivity contribution in [3.8, 4) is 0 Å². The summed E-state index contributed by atoms with van der Waals surface area (Å²) in [6.07, 6.45) is -0.235. The Morgan fingerprint density at radius 3 is 1.90 bits per heavy atom. The summed E-state index contributed by atoms with van der Waals surface area (Å²) in [5.74, 6) is -1.44. The van der Waals surface area contributed by atoms with Gasteiger partial charge in [-0.05, 0) is 20.8 Å². The molecule has 2 aliphatic rings. The Morgan fingerprint density at radius 2 is 1.55 bits per heavy atom. The molecule has 0 aromatic carbocycles. The number of nitrogens with one attached hydrogen (secondary N) is 1. The van der Waals surface area contributed by atoms with Crippen LogP contribution in [0.25, 0.3) is 0 Å². The molecule has 10 nitrogen and oxygen atoms in total. The van der Waals surface area contributed by atoms with Gasteiger partial charge in [0.2, 0.25) is 5.91 Å². The van der Waals surface area contributed by atoms with Crippen molar-refractivity contribution in [3.63, 3.8) is 0 Å². The average molecular weight is 442 g/mol. The number of ether oxygens (including phenoxy) is 3. The van der Waals surface area contributed by atoms with E-state index in [-0.39, 0.29) is 37.7 Å². The summed E-state index contributed by atoms with van der Waals surface area (Å²) in [6.45, 7) is 11.8. The highest BCUT2D eigenvalue weighted by molar-refractivity contribution is 5.85. The molecule has 0 radical (unpaired) electrons. The first-order chi connectivity index (χ1) is 13.2. The molecule has 172 valence electrons. The van der Waals surface area contributed by atoms with Gasteiger partial charge in [0.25, 0.3) is 0 Å². The first-order valence-electron chi connectivity index (χ1n) is 9.43. The molecule has 0 aromatic heterocycles. The minimum absolute atomic E-state index is 0. The fraction of sp³-hybridized carbons (Fsp3) is 0.833. The Bertz CT molecular complexity index is 451. The van der Waals surface area contributed by atoms with Crippen LogP contribution in [0.5, 0.6) is 0 Å². The lowest BCUT2D eigenvalue weighted by Crippen LogP contribution is -2.43. The number of nitrogens with two attached hydrogens (primary N) is 1. The van der Waals surface area contributed by atoms with Crippen LogP contribution in [0.3, 0.4) is 0 Å². The van der Waals surface area contributed by atoms with Crippen LogP contribution in [0.4, 0.5) is 0 Å². The van der Waals surface area contributed by atoms with E-state index in [9.17, 15) is 14.4 Å². The van der Waals surface area contributed by atoms with E-state index in [1.165, 1.54) is 0 Å². The lowest BCUT2D eigenvalue weighted by Gasteiger charge is -2.26. The molecule has 0 atom stereocenters. The molecule has 0 unspecified atom stereocenters. The normalized spacial score (nSPS) is 16.1. The maximum Gasteiger partial charge on any atom is 0.306 e. The maximum absolute atomic E-state index is 10.9. The number of hydrogen-bond acceptors (Lipinski definition) is 8. The maximum atomic E-state index is 10.9. The van der Waals surface area contributed by atoms with Crippen molar-refractivity contribution < 1.29 is 33.7 Å². The Hall–Kier alpha value is -1.46. The number of halogens is 1. The Morgan fingerprint density at radius 1 is 1.03 bits per heavy atom. The molecule has 0 aromatic rings. The van der Waals surface area contributed by atoms with E-state index in [1.54, 1.807) is 25.7 Å². The van der Waals surface area contributed by atoms with Gasteiger partial charge in [-0.25, -0.2) is 0 Å². The number of aliphatic carboxylic acids is 1. The number of carboxylic acid groups (broad SMARTS) is 1. The molecule has 0 aliphatic carbocycles. The van der Waals surface area contributed by atoms with Gasteiger partial charge in [0, 0.05) is 26.2 Å². The molecule has 2 saturated heterocycles. The molecule has 29 heavy (non-hydrogen) atoms. The number of morpholine rings is 2. The number of amides is 1. The topological polar surface area (TPSA) is 140 Å². The zero-order chi connectivity index (χ0) is 21.4. The number of carbonyl (C=O) groups is 3. The van der Waals surface area contributed by atoms with Crippen molar-refractivity contribution in [2.75, 3.05) is 59.2 Å². The van der Waals surface area contributed by atoms with Crippen LogP contribution in [0, 0.1) is 0 Å². The summed E-state index contributed by atoms with van der Waals surface area (Å²) in [5, 5.41) is 11.4. The van der Waals surface area contributed by atoms with Gasteiger partial charge >= 0.3 is 11.9 Å². The van der Waals surface area contributed by atoms with Gasteiger partial charge in [0.1, 0.15) is 5.60 Å². The number of hydrogen-bond donors (Lipinski definition) is 3. The summed E-state index contributed by atoms with van der Waals surface area (Å²) in [5.41, 5.74) is 4.64. The van der Waals surface area contributed by atoms with Gasteiger partial charge < -0.3 is 35.3 Å². The number of carboxylic acids is 1. The van der Waals surface area contributed by atoms with Gasteiger partial charge in [-0.15, -0.1) is 12.4 Å². The molecular formula is C18H36ClN3O7. The van der Waals surface area contributed by atoms with Crippen molar-refractivity contribution in [2.24, 2.45) is 5.73 Å². The van der Waals surface area contributed by atoms with Crippen LogP contribution >= 0.6 is 12.4 Å². The zero-order valence-corrected chi connectivity index (χ0v) is 18.4. The van der Waals surface area contributed by atoms with E-state index in [4.69, 9.17) is 25.1 Å². The van der Waals surface area contributed by atoms with E-state index >= 15 is 0 Å². The number of esters is 1. The third-order valence-corrected chi connectivity index (χ3v) is 3.35. The fourth-order valence-electron chi connectivity index (χ4n) is 2.06. The van der Waals surface area contributed by atoms with Gasteiger partial charge in [0.05, 0.1) is 45.8 Å². The van der Waals surface area contributed by atoms with Gasteiger partial charge in [-0.2, -0.15) is 0 Å². The van der Waals surface area contributed by atoms with Gasteiger partial charge in [0.15, 0.2) is 0 Å². The molecule has 2 fully saturated rings. The zero-order valence-electron chi connectivity index (χ0n) is 17.6. The van der Waals surface area contributed by atoms with E-state index in [0.717, 1.165) is 26.3 Å². The smallest absolute Gasteiger partial charge is 0.306 e. The number of carbonyl (C=O) groups excluding carboxylic acids is 2. The predicted molar refractivity (Wildman–Crippen MR) is 110 cm³/mol. The fourth-order valence-corrected chi connectivity index (χ4v) is 2.06. The highest BCUT2D eigenvalue weighted by Crippen LogP contribution is 2.08. The molecule has 0 saturated carbocycles. The summed E-state index contributed by atoms with van der Waals surface area (Å²) in [7, 11) is 0. The van der Waals surface area contributed by atoms with Crippen LogP contribution < -0.4 is 11.1 Å². The Kier molecular flexibility index (Phi) is 17.8. The van der Waals surface area contributed by atoms with Crippen LogP contribution in [0.15, 0.2) is 0 Å². The van der Waals surface area contributed by atoms with Crippen LogP contribution in [-0.2, 0) is 28.6 Å². The minimum atomic E-state index is -0.985. The number of rotatable bonds is 4. The van der Waals surface area contributed by atoms with Crippen molar-refractivity contribution in [3.05, 3.63) is 0 Å². The molecule has 2 aliphatic heterocycles. The lowest BCUT2D eigenvalue weighted by molar-refractivity contribution is -0.157. The Balaban J connectivity index is 0. The molecule has 4 N–H and O–H groups in total. The van der Waals surface area contributed by atoms with Gasteiger partial charge in [-0.1, -0.05) is 0 Å². The molecule has 1 amide bonds. The first-order valence-corrected chi connectivity index (χ1v) is 9.43. The van der Waals surface area contributed by atoms with Crippen molar-refractivity contribution in [1.29, 1.82) is 0 Å². The first kappa shape index (κ1) is 29.7. The SMILES string of the molecule is C1COCCN1.CC(C)(C)OC(=O)CCC(=O)O.Cl.NCC(=O)N1CCOCC1. The minimum Gasteiger partial charge on any atom is -0.481 e. The molecule has 2 rings (SSSR count). The molecule has 2 heterocycles. The predicted octanol–water partition coefficient (Wildman–Crippen LogP) is 0.0248. The summed E-state index contributed by atoms with van der Waals surface area (Å²) in [6, 6.07) is 0. The third-order valence-electron chi connectivity index (χ3n) is 3.35. The summed E-state index contributed by atoms with van der Waals surface area (Å²) >= 11 is 0. The second-order valence-electron chi connectivity index (χ2n) is 7.04. The summed E-state index contributed by atoms with van der Waals surface area (Å²) < 4.78 is 15.0. The van der Waals surface area contributed by atoms with Gasteiger partial charge in [-0.3, -0.25) is 14.4 Å². The summed E-state index contributed by atoms with van der Waals surface area (Å²) in [4.78, 5) is 33.6. The standard InChI is InChI=1S/C8H14O4.C6H12N2O2.C4H9NO.ClH/c1-8(2,3)12-7(11)5-4-6(9)10;7-5-6(9)8-1-3-10-4-2-8;1-3-6-4-2-5-1;/h4-5H2,1-3H3,(H,9,10);1-5,7H2;5H,1-4H2;1H. The largest absolute Gasteiger partial charge is 0.481 e. The van der Waals surface area contributed by atoms with E-state index in [0.29, 0.717) is 26.3 Å². The highest BCUT2D eigenvalue weighted by atomic mass is 35.5. The third kappa shape index (κ3) is 19.6. The average Bonchev–Trinajstić information content (AvgIpc) is 2.67. The Labute approximate surface area is 178 Å². The van der Waals surface area contributed by atoms with Crippen molar-refractivity contribution in [1.82, 2.24) is 10.2 Å². The second kappa shape index (κ2) is 17.4. The van der Waals surface area contributed by atoms with E-state index in [2.05, 4.69) is 5.32 Å². The molecule has 0 spiro atoms. The lowest BCUT2D eigenvalue weighted by atomic mass is 10.2. The quantitative estimate of drug-likeness (QED) is 0.515. The van der Waals surface area contributed by atoms with Crippen molar-refractivity contribution in [2.45, 2.75) is 39.2 Å². The monoisotopic (exact) mass is 441 g/mol. The van der Waals surface area contributed by atoms with Crippen LogP contribution in [-0.4, -0.2) is 92.6 Å². The number of nitrogens with zero attached hydrogens (tertiary/aromatic N) is 1. The second-order valence-corrected chi connectivity index (χ2v) is 7.04. The highest BCUT2D eigenvalue weighted by Gasteiger charge is 2.16. The van der Waals surface area contributed by atoms with Crippen LogP contribution in [0.2, 0.25) is 0 Å². The van der Waals surface area contributed by atoms with E-state index < -0.39 is 17.5 Å². The van der Waals surface area contributed by atoms with E-state index in [1.807, 2.05) is 0 Å². The van der Waals surface area contributed by atoms with Crippen molar-refractivity contribution >= 4 is 30.3 Å². The van der Waals surface area contributed by atoms with Crippen LogP contribution in [0.1, 0.15) is 33.6 Å². The molecule has 0 bridgehead atoms.